The number of halogens is 3. The predicted molar refractivity (Wildman–Crippen MR) is 127 cm³/mol. The Morgan fingerprint density at radius 1 is 1.17 bits per heavy atom. The van der Waals surface area contributed by atoms with Crippen LogP contribution in [0.4, 0.5) is 18.9 Å². The van der Waals surface area contributed by atoms with E-state index in [1.54, 1.807) is 24.3 Å². The Balaban J connectivity index is 1.67. The summed E-state index contributed by atoms with van der Waals surface area (Å²) in [7, 11) is 0. The van der Waals surface area contributed by atoms with E-state index in [0.29, 0.717) is 47.0 Å². The number of nitrogens with one attached hydrogen (secondary N) is 2. The van der Waals surface area contributed by atoms with E-state index >= 15 is 0 Å². The molecule has 35 heavy (non-hydrogen) atoms. The molecule has 0 saturated heterocycles. The van der Waals surface area contributed by atoms with Gasteiger partial charge < -0.3 is 20.1 Å². The van der Waals surface area contributed by atoms with Crippen LogP contribution in [0.5, 0.6) is 5.75 Å². The minimum absolute atomic E-state index is 0.108. The van der Waals surface area contributed by atoms with Gasteiger partial charge in [0, 0.05) is 29.3 Å². The summed E-state index contributed by atoms with van der Waals surface area (Å²) in [6, 6.07) is 9.85. The van der Waals surface area contributed by atoms with Crippen LogP contribution in [-0.2, 0) is 17.6 Å². The molecule has 4 rings (SSSR count). The molecule has 0 fully saturated rings. The number of H-pyrrole nitrogens is 1. The number of carbonyl (C=O) groups excluding carboxylic acids is 1. The molecule has 1 aromatic heterocycles. The van der Waals surface area contributed by atoms with E-state index in [0.717, 1.165) is 12.1 Å². The maximum Gasteiger partial charge on any atom is 0.416 e. The van der Waals surface area contributed by atoms with Crippen molar-refractivity contribution < 1.29 is 27.8 Å². The summed E-state index contributed by atoms with van der Waals surface area (Å²) in [5.41, 5.74) is 0.259. The zero-order valence-electron chi connectivity index (χ0n) is 19.3. The zero-order chi connectivity index (χ0) is 25.4. The number of amides is 1. The number of anilines is 1. The van der Waals surface area contributed by atoms with Crippen LogP contribution in [-0.4, -0.2) is 21.6 Å². The summed E-state index contributed by atoms with van der Waals surface area (Å²) in [5, 5.41) is 12.7. The van der Waals surface area contributed by atoms with Gasteiger partial charge in [-0.25, -0.2) is 0 Å². The predicted octanol–water partition coefficient (Wildman–Crippen LogP) is 5.40. The third kappa shape index (κ3) is 4.95. The fourth-order valence-electron chi connectivity index (χ4n) is 4.31. The highest BCUT2D eigenvalue weighted by atomic mass is 19.4. The minimum atomic E-state index is -4.51. The summed E-state index contributed by atoms with van der Waals surface area (Å²) >= 11 is 0. The van der Waals surface area contributed by atoms with E-state index < -0.39 is 28.8 Å². The van der Waals surface area contributed by atoms with Gasteiger partial charge in [-0.15, -0.1) is 0 Å². The number of rotatable bonds is 5. The van der Waals surface area contributed by atoms with E-state index in [9.17, 15) is 27.9 Å². The third-order valence-corrected chi connectivity index (χ3v) is 6.45. The second-order valence-corrected chi connectivity index (χ2v) is 8.62. The molecular weight excluding hydrogens is 461 g/mol. The molecule has 1 amide bonds. The molecule has 0 bridgehead atoms. The molecular formula is C26H25F3N2O4. The third-order valence-electron chi connectivity index (χ3n) is 6.45. The molecule has 0 atom stereocenters. The van der Waals surface area contributed by atoms with E-state index in [2.05, 4.69) is 10.3 Å². The number of ether oxygens (including phenoxy) is 1. The highest BCUT2D eigenvalue weighted by molar-refractivity contribution is 6.05. The molecule has 0 spiro atoms. The van der Waals surface area contributed by atoms with Gasteiger partial charge in [-0.05, 0) is 54.1 Å². The van der Waals surface area contributed by atoms with Gasteiger partial charge >= 0.3 is 6.18 Å². The van der Waals surface area contributed by atoms with Crippen LogP contribution in [0.1, 0.15) is 49.8 Å². The number of aromatic amines is 1. The molecule has 1 aliphatic rings. The normalized spacial score (nSPS) is 16.1. The van der Waals surface area contributed by atoms with E-state index in [1.165, 1.54) is 12.1 Å². The van der Waals surface area contributed by atoms with Crippen LogP contribution in [0.3, 0.4) is 0 Å². The average Bonchev–Trinajstić information content (AvgIpc) is 2.82. The van der Waals surface area contributed by atoms with Crippen LogP contribution >= 0.6 is 0 Å². The van der Waals surface area contributed by atoms with Crippen LogP contribution in [0.25, 0.3) is 16.5 Å². The second kappa shape index (κ2) is 9.22. The molecule has 184 valence electrons. The summed E-state index contributed by atoms with van der Waals surface area (Å²) in [4.78, 5) is 27.6. The van der Waals surface area contributed by atoms with Gasteiger partial charge in [-0.3, -0.25) is 9.59 Å². The van der Waals surface area contributed by atoms with Crippen LogP contribution in [0.15, 0.2) is 53.3 Å². The first-order valence-electron chi connectivity index (χ1n) is 11.3. The second-order valence-electron chi connectivity index (χ2n) is 8.62. The number of carbonyl (C=O) groups is 1. The first-order valence-corrected chi connectivity index (χ1v) is 11.3. The fraction of sp³-hybridized carbons (Fsp3) is 0.308. The van der Waals surface area contributed by atoms with Crippen molar-refractivity contribution in [3.05, 3.63) is 75.6 Å². The average molecular weight is 486 g/mol. The quantitative estimate of drug-likeness (QED) is 0.421. The summed E-state index contributed by atoms with van der Waals surface area (Å²) in [5.74, 6) is -0.348. The molecule has 1 aliphatic heterocycles. The standard InChI is InChI=1S/C26H25F3N2O4/c1-3-25(4-2)13-16(20-8-6-18(26(27,28)29)11-22(20)35-25)10-23(33)30-19-7-5-15-9-17(14-32)24(34)31-21(15)12-19/h5-12,32H,3-4,13-14H2,1-2H3,(H,30,33)(H,31,34). The Hall–Kier alpha value is -3.59. The maximum absolute atomic E-state index is 13.3. The van der Waals surface area contributed by atoms with Gasteiger partial charge in [0.15, 0.2) is 0 Å². The summed E-state index contributed by atoms with van der Waals surface area (Å²) in [6.07, 6.45) is -1.62. The van der Waals surface area contributed by atoms with Gasteiger partial charge in [-0.2, -0.15) is 13.2 Å². The Labute approximate surface area is 199 Å². The van der Waals surface area contributed by atoms with Gasteiger partial charge in [-0.1, -0.05) is 26.0 Å². The van der Waals surface area contributed by atoms with Gasteiger partial charge in [0.2, 0.25) is 5.91 Å². The van der Waals surface area contributed by atoms with Crippen LogP contribution in [0.2, 0.25) is 0 Å². The highest BCUT2D eigenvalue weighted by Crippen LogP contribution is 2.45. The highest BCUT2D eigenvalue weighted by Gasteiger charge is 2.38. The zero-order valence-corrected chi connectivity index (χ0v) is 19.3. The number of aliphatic hydroxyl groups is 1. The van der Waals surface area contributed by atoms with Crippen LogP contribution < -0.4 is 15.6 Å². The SMILES string of the molecule is CCC1(CC)CC(=CC(=O)Nc2ccc3cc(CO)c(=O)[nH]c3c2)c2ccc(C(F)(F)F)cc2O1. The number of benzene rings is 2. The Kier molecular flexibility index (Phi) is 6.46. The minimum Gasteiger partial charge on any atom is -0.486 e. The molecule has 6 nitrogen and oxygen atoms in total. The van der Waals surface area contributed by atoms with Gasteiger partial charge in [0.1, 0.15) is 11.4 Å². The molecule has 3 aromatic rings. The molecule has 2 aromatic carbocycles. The topological polar surface area (TPSA) is 91.4 Å². The Morgan fingerprint density at radius 2 is 1.91 bits per heavy atom. The Morgan fingerprint density at radius 3 is 2.57 bits per heavy atom. The molecule has 0 saturated carbocycles. The van der Waals surface area contributed by atoms with Crippen molar-refractivity contribution in [3.8, 4) is 5.75 Å². The van der Waals surface area contributed by atoms with Crippen molar-refractivity contribution in [2.24, 2.45) is 0 Å². The van der Waals surface area contributed by atoms with E-state index in [-0.39, 0.29) is 17.9 Å². The lowest BCUT2D eigenvalue weighted by molar-refractivity contribution is -0.137. The molecule has 0 radical (unpaired) electrons. The first-order chi connectivity index (χ1) is 16.6. The number of fused-ring (bicyclic) bond motifs is 2. The molecule has 0 aliphatic carbocycles. The lowest BCUT2D eigenvalue weighted by Crippen LogP contribution is -2.38. The Bertz CT molecular complexity index is 1370. The van der Waals surface area contributed by atoms with Crippen molar-refractivity contribution in [1.29, 1.82) is 0 Å². The number of alkyl halides is 3. The van der Waals surface area contributed by atoms with Crippen molar-refractivity contribution in [3.63, 3.8) is 0 Å². The van der Waals surface area contributed by atoms with Gasteiger partial charge in [0.05, 0.1) is 17.7 Å². The van der Waals surface area contributed by atoms with Crippen molar-refractivity contribution >= 4 is 28.1 Å². The molecule has 2 heterocycles. The summed E-state index contributed by atoms with van der Waals surface area (Å²) < 4.78 is 45.9. The smallest absolute Gasteiger partial charge is 0.416 e. The van der Waals surface area contributed by atoms with Crippen LogP contribution in [0, 0.1) is 0 Å². The molecule has 9 heteroatoms. The number of pyridine rings is 1. The fourth-order valence-corrected chi connectivity index (χ4v) is 4.31. The molecule has 0 unspecified atom stereocenters. The van der Waals surface area contributed by atoms with E-state index in [4.69, 9.17) is 4.74 Å². The number of aliphatic hydroxyl groups excluding tert-OH is 1. The van der Waals surface area contributed by atoms with Crippen molar-refractivity contribution in [2.45, 2.75) is 51.5 Å². The maximum atomic E-state index is 13.3. The van der Waals surface area contributed by atoms with Crippen molar-refractivity contribution in [1.82, 2.24) is 4.98 Å². The van der Waals surface area contributed by atoms with E-state index in [1.807, 2.05) is 13.8 Å². The summed E-state index contributed by atoms with van der Waals surface area (Å²) in [6.45, 7) is 3.42. The number of hydrogen-bond acceptors (Lipinski definition) is 4. The lowest BCUT2D eigenvalue weighted by atomic mass is 9.83. The molecule has 3 N–H and O–H groups in total. The largest absolute Gasteiger partial charge is 0.486 e. The van der Waals surface area contributed by atoms with Crippen molar-refractivity contribution in [2.75, 3.05) is 5.32 Å². The first kappa shape index (κ1) is 24.5. The number of aromatic nitrogens is 1. The monoisotopic (exact) mass is 486 g/mol. The lowest BCUT2D eigenvalue weighted by Gasteiger charge is -2.39. The number of hydrogen-bond donors (Lipinski definition) is 3. The van der Waals surface area contributed by atoms with Gasteiger partial charge in [0.25, 0.3) is 5.56 Å².